The van der Waals surface area contributed by atoms with Crippen LogP contribution in [-0.4, -0.2) is 6.54 Å². The summed E-state index contributed by atoms with van der Waals surface area (Å²) in [6.07, 6.45) is 0. The molecule has 0 saturated heterocycles. The lowest BCUT2D eigenvalue weighted by atomic mass is 10.2. The van der Waals surface area contributed by atoms with Crippen LogP contribution in [0.5, 0.6) is 0 Å². The number of hydrogen-bond acceptors (Lipinski definition) is 1. The first kappa shape index (κ1) is 11.8. The van der Waals surface area contributed by atoms with Gasteiger partial charge in [0.15, 0.2) is 0 Å². The lowest BCUT2D eigenvalue weighted by Crippen LogP contribution is -2.03. The first-order valence-electron chi connectivity index (χ1n) is 4.34. The summed E-state index contributed by atoms with van der Waals surface area (Å²) in [7, 11) is 0. The number of benzene rings is 1. The average molecular weight is 319 g/mol. The van der Waals surface area contributed by atoms with Crippen molar-refractivity contribution in [3.05, 3.63) is 38.8 Å². The van der Waals surface area contributed by atoms with E-state index in [0.29, 0.717) is 0 Å². The van der Waals surface area contributed by atoms with Gasteiger partial charge < -0.3 is 5.32 Å². The van der Waals surface area contributed by atoms with Gasteiger partial charge in [-0.05, 0) is 63.4 Å². The second-order valence-electron chi connectivity index (χ2n) is 3.41. The zero-order valence-electron chi connectivity index (χ0n) is 8.32. The first-order valence-corrected chi connectivity index (χ1v) is 5.93. The van der Waals surface area contributed by atoms with Crippen molar-refractivity contribution in [1.29, 1.82) is 0 Å². The Bertz CT molecular complexity index is 335. The van der Waals surface area contributed by atoms with Gasteiger partial charge in [0.2, 0.25) is 0 Å². The minimum absolute atomic E-state index is 0.792. The fourth-order valence-electron chi connectivity index (χ4n) is 1.11. The lowest BCUT2D eigenvalue weighted by molar-refractivity contribution is 1.20. The molecule has 0 aliphatic carbocycles. The Hall–Kier alpha value is -0.280. The molecule has 1 rings (SSSR count). The molecule has 0 spiro atoms. The van der Waals surface area contributed by atoms with Crippen LogP contribution in [0.25, 0.3) is 0 Å². The van der Waals surface area contributed by atoms with E-state index in [1.54, 1.807) is 0 Å². The largest absolute Gasteiger partial charge is 0.379 e. The maximum Gasteiger partial charge on any atom is 0.0631 e. The fraction of sp³-hybridized carbons (Fsp3) is 0.273. The molecule has 1 N–H and O–H groups in total. The number of anilines is 1. The van der Waals surface area contributed by atoms with Crippen LogP contribution in [0.3, 0.4) is 0 Å². The minimum Gasteiger partial charge on any atom is -0.379 e. The average Bonchev–Trinajstić information content (AvgIpc) is 2.01. The SMILES string of the molecule is C=C(C)CNc1c(Br)cc(C)cc1Br. The quantitative estimate of drug-likeness (QED) is 0.809. The smallest absolute Gasteiger partial charge is 0.0631 e. The minimum atomic E-state index is 0.792. The number of aryl methyl sites for hydroxylation is 1. The summed E-state index contributed by atoms with van der Waals surface area (Å²) in [5.41, 5.74) is 3.42. The second kappa shape index (κ2) is 4.99. The monoisotopic (exact) mass is 317 g/mol. The van der Waals surface area contributed by atoms with Crippen LogP contribution in [0.4, 0.5) is 5.69 Å². The Morgan fingerprint density at radius 1 is 1.36 bits per heavy atom. The predicted molar refractivity (Wildman–Crippen MR) is 69.9 cm³/mol. The standard InChI is InChI=1S/C11H13Br2N/c1-7(2)6-14-11-9(12)4-8(3)5-10(11)13/h4-5,14H,1,6H2,2-3H3. The molecule has 1 nitrogen and oxygen atoms in total. The summed E-state index contributed by atoms with van der Waals surface area (Å²) < 4.78 is 2.15. The van der Waals surface area contributed by atoms with Crippen molar-refractivity contribution in [2.45, 2.75) is 13.8 Å². The number of halogens is 2. The van der Waals surface area contributed by atoms with Gasteiger partial charge in [0.1, 0.15) is 0 Å². The van der Waals surface area contributed by atoms with Gasteiger partial charge in [-0.2, -0.15) is 0 Å². The maximum atomic E-state index is 3.85. The molecule has 0 radical (unpaired) electrons. The molecule has 1 aromatic carbocycles. The molecule has 0 unspecified atom stereocenters. The summed E-state index contributed by atoms with van der Waals surface area (Å²) >= 11 is 7.05. The number of nitrogens with one attached hydrogen (secondary N) is 1. The molecule has 0 fully saturated rings. The van der Waals surface area contributed by atoms with Crippen LogP contribution in [-0.2, 0) is 0 Å². The van der Waals surface area contributed by atoms with Crippen LogP contribution in [0, 0.1) is 6.92 Å². The van der Waals surface area contributed by atoms with E-state index in [2.05, 4.69) is 62.8 Å². The molecule has 0 saturated carbocycles. The zero-order valence-corrected chi connectivity index (χ0v) is 11.5. The highest BCUT2D eigenvalue weighted by atomic mass is 79.9. The summed E-state index contributed by atoms with van der Waals surface area (Å²) in [5, 5.41) is 3.31. The van der Waals surface area contributed by atoms with E-state index in [1.165, 1.54) is 5.56 Å². The van der Waals surface area contributed by atoms with E-state index in [1.807, 2.05) is 6.92 Å². The van der Waals surface area contributed by atoms with E-state index in [0.717, 1.165) is 26.8 Å². The van der Waals surface area contributed by atoms with Crippen molar-refractivity contribution >= 4 is 37.5 Å². The first-order chi connectivity index (χ1) is 6.50. The molecule has 3 heteroatoms. The topological polar surface area (TPSA) is 12.0 Å². The molecule has 0 aliphatic rings. The van der Waals surface area contributed by atoms with Crippen LogP contribution in [0.15, 0.2) is 33.2 Å². The number of rotatable bonds is 3. The van der Waals surface area contributed by atoms with Gasteiger partial charge in [-0.25, -0.2) is 0 Å². The Labute approximate surface area is 102 Å². The summed E-state index contributed by atoms with van der Waals surface area (Å²) in [6.45, 7) is 8.72. The van der Waals surface area contributed by atoms with E-state index < -0.39 is 0 Å². The molecule has 0 atom stereocenters. The van der Waals surface area contributed by atoms with Crippen LogP contribution < -0.4 is 5.32 Å². The normalized spacial score (nSPS) is 10.0. The highest BCUT2D eigenvalue weighted by molar-refractivity contribution is 9.11. The molecule has 0 aliphatic heterocycles. The third kappa shape index (κ3) is 3.14. The Balaban J connectivity index is 2.91. The van der Waals surface area contributed by atoms with E-state index in [4.69, 9.17) is 0 Å². The van der Waals surface area contributed by atoms with Gasteiger partial charge in [0.25, 0.3) is 0 Å². The molecule has 1 aromatic rings. The van der Waals surface area contributed by atoms with Crippen LogP contribution >= 0.6 is 31.9 Å². The summed E-state index contributed by atoms with van der Waals surface area (Å²) in [5.74, 6) is 0. The molecule has 14 heavy (non-hydrogen) atoms. The van der Waals surface area contributed by atoms with Crippen molar-refractivity contribution in [3.8, 4) is 0 Å². The van der Waals surface area contributed by atoms with Crippen LogP contribution in [0.1, 0.15) is 12.5 Å². The highest BCUT2D eigenvalue weighted by Gasteiger charge is 2.04. The van der Waals surface area contributed by atoms with E-state index in [9.17, 15) is 0 Å². The molecule has 76 valence electrons. The van der Waals surface area contributed by atoms with Gasteiger partial charge in [0, 0.05) is 15.5 Å². The van der Waals surface area contributed by atoms with Crippen molar-refractivity contribution in [2.75, 3.05) is 11.9 Å². The van der Waals surface area contributed by atoms with Gasteiger partial charge in [-0.1, -0.05) is 12.2 Å². The van der Waals surface area contributed by atoms with Crippen molar-refractivity contribution in [3.63, 3.8) is 0 Å². The molecule has 0 bridgehead atoms. The third-order valence-corrected chi connectivity index (χ3v) is 3.00. The van der Waals surface area contributed by atoms with Gasteiger partial charge in [0.05, 0.1) is 5.69 Å². The van der Waals surface area contributed by atoms with Crippen molar-refractivity contribution in [1.82, 2.24) is 0 Å². The molecule has 0 aromatic heterocycles. The third-order valence-electron chi connectivity index (χ3n) is 1.75. The number of hydrogen-bond donors (Lipinski definition) is 1. The Kier molecular flexibility index (Phi) is 4.20. The van der Waals surface area contributed by atoms with Gasteiger partial charge in [-0.15, -0.1) is 0 Å². The second-order valence-corrected chi connectivity index (χ2v) is 5.12. The Morgan fingerprint density at radius 2 is 1.86 bits per heavy atom. The maximum absolute atomic E-state index is 3.85. The summed E-state index contributed by atoms with van der Waals surface area (Å²) in [4.78, 5) is 0. The fourth-order valence-corrected chi connectivity index (χ4v) is 2.80. The Morgan fingerprint density at radius 3 is 2.29 bits per heavy atom. The molecule has 0 heterocycles. The highest BCUT2D eigenvalue weighted by Crippen LogP contribution is 2.32. The molecule has 0 amide bonds. The summed E-state index contributed by atoms with van der Waals surface area (Å²) in [6, 6.07) is 4.18. The van der Waals surface area contributed by atoms with Crippen molar-refractivity contribution in [2.24, 2.45) is 0 Å². The van der Waals surface area contributed by atoms with Gasteiger partial charge in [-0.3, -0.25) is 0 Å². The lowest BCUT2D eigenvalue weighted by Gasteiger charge is -2.11. The van der Waals surface area contributed by atoms with E-state index in [-0.39, 0.29) is 0 Å². The molecular weight excluding hydrogens is 306 g/mol. The van der Waals surface area contributed by atoms with E-state index >= 15 is 0 Å². The molecular formula is C11H13Br2N. The van der Waals surface area contributed by atoms with Crippen molar-refractivity contribution < 1.29 is 0 Å². The predicted octanol–water partition coefficient (Wildman–Crippen LogP) is 4.51. The van der Waals surface area contributed by atoms with Gasteiger partial charge >= 0.3 is 0 Å². The van der Waals surface area contributed by atoms with Crippen LogP contribution in [0.2, 0.25) is 0 Å². The zero-order chi connectivity index (χ0) is 10.7.